The van der Waals surface area contributed by atoms with E-state index in [0.29, 0.717) is 6.42 Å². The van der Waals surface area contributed by atoms with E-state index < -0.39 is 12.3 Å². The van der Waals surface area contributed by atoms with E-state index in [-0.39, 0.29) is 12.5 Å². The van der Waals surface area contributed by atoms with Gasteiger partial charge in [0.2, 0.25) is 0 Å². The van der Waals surface area contributed by atoms with Crippen molar-refractivity contribution in [1.82, 2.24) is 0 Å². The summed E-state index contributed by atoms with van der Waals surface area (Å²) in [6.07, 6.45) is 5.75. The van der Waals surface area contributed by atoms with E-state index in [9.17, 15) is 14.6 Å². The maximum atomic E-state index is 14.8. The minimum absolute atomic E-state index is 0.0847. The molecule has 0 bridgehead atoms. The summed E-state index contributed by atoms with van der Waals surface area (Å²) in [5, 5.41) is 22.3. The first-order chi connectivity index (χ1) is 14.1. The molecule has 2 nitrogen and oxygen atoms in total. The molecule has 1 aliphatic carbocycles. The number of hydrogen-bond donors (Lipinski definition) is 2. The average molecular weight is 417 g/mol. The Hall–Kier alpha value is -1.49. The molecule has 0 radical (unpaired) electrons. The van der Waals surface area contributed by atoms with E-state index in [1.165, 1.54) is 4.88 Å². The third-order valence-corrected chi connectivity index (χ3v) is 6.96. The molecular formula is C25H33FO2S. The van der Waals surface area contributed by atoms with Gasteiger partial charge in [0, 0.05) is 17.2 Å². The molecule has 1 aliphatic rings. The van der Waals surface area contributed by atoms with Crippen molar-refractivity contribution in [3.05, 3.63) is 63.4 Å². The molecule has 2 aromatic rings. The lowest BCUT2D eigenvalue weighted by atomic mass is 9.88. The lowest BCUT2D eigenvalue weighted by molar-refractivity contribution is 0.163. The molecule has 0 amide bonds. The van der Waals surface area contributed by atoms with Gasteiger partial charge in [0.25, 0.3) is 0 Å². The van der Waals surface area contributed by atoms with Crippen molar-refractivity contribution < 1.29 is 14.6 Å². The number of aryl methyl sites for hydroxylation is 1. The van der Waals surface area contributed by atoms with Crippen molar-refractivity contribution in [2.24, 2.45) is 5.92 Å². The molecule has 0 aliphatic heterocycles. The SMILES string of the molecule is CCCCCC(O)c1ccc(C2=C(CO)CC(F)[C@@H]2CCCc2cccs2)cc1. The standard InChI is InChI=1S/C25H33FO2S/c1-2-3-4-10-24(28)18-11-13-19(14-12-18)25-20(17-27)16-23(26)22(25)9-5-7-21-8-6-15-29-21/h6,8,11-15,22-24,27-28H,2-5,7,9-10,16-17H2,1H3/t22-,23?,24?/m0/s1. The Morgan fingerprint density at radius 1 is 1.14 bits per heavy atom. The molecule has 0 saturated carbocycles. The topological polar surface area (TPSA) is 40.5 Å². The summed E-state index contributed by atoms with van der Waals surface area (Å²) in [6, 6.07) is 12.1. The van der Waals surface area contributed by atoms with E-state index >= 15 is 0 Å². The highest BCUT2D eigenvalue weighted by molar-refractivity contribution is 7.09. The fourth-order valence-corrected chi connectivity index (χ4v) is 5.17. The molecule has 3 rings (SSSR count). The Kier molecular flexibility index (Phi) is 8.46. The Balaban J connectivity index is 1.69. The van der Waals surface area contributed by atoms with Gasteiger partial charge in [-0.1, -0.05) is 56.5 Å². The number of aliphatic hydroxyl groups is 2. The van der Waals surface area contributed by atoms with Gasteiger partial charge < -0.3 is 10.2 Å². The third-order valence-electron chi connectivity index (χ3n) is 6.03. The summed E-state index contributed by atoms with van der Waals surface area (Å²) >= 11 is 1.75. The second-order valence-electron chi connectivity index (χ2n) is 8.11. The van der Waals surface area contributed by atoms with Crippen LogP contribution in [-0.4, -0.2) is 23.0 Å². The Morgan fingerprint density at radius 2 is 1.93 bits per heavy atom. The fourth-order valence-electron chi connectivity index (χ4n) is 4.41. The Bertz CT molecular complexity index is 767. The number of allylic oxidation sites excluding steroid dienone is 1. The van der Waals surface area contributed by atoms with Gasteiger partial charge in [0.1, 0.15) is 6.17 Å². The van der Waals surface area contributed by atoms with E-state index in [2.05, 4.69) is 24.4 Å². The summed E-state index contributed by atoms with van der Waals surface area (Å²) in [5.41, 5.74) is 3.72. The van der Waals surface area contributed by atoms with Crippen LogP contribution in [-0.2, 0) is 6.42 Å². The lowest BCUT2D eigenvalue weighted by Gasteiger charge is -2.19. The fraction of sp³-hybridized carbons (Fsp3) is 0.520. The highest BCUT2D eigenvalue weighted by Gasteiger charge is 2.34. The number of rotatable bonds is 11. The van der Waals surface area contributed by atoms with E-state index in [1.807, 2.05) is 24.3 Å². The molecular weight excluding hydrogens is 383 g/mol. The molecule has 0 fully saturated rings. The molecule has 2 unspecified atom stereocenters. The van der Waals surface area contributed by atoms with Gasteiger partial charge in [0.05, 0.1) is 12.7 Å². The van der Waals surface area contributed by atoms with Crippen molar-refractivity contribution in [1.29, 1.82) is 0 Å². The van der Waals surface area contributed by atoms with Crippen molar-refractivity contribution in [3.63, 3.8) is 0 Å². The van der Waals surface area contributed by atoms with Crippen molar-refractivity contribution in [2.75, 3.05) is 6.61 Å². The van der Waals surface area contributed by atoms with Gasteiger partial charge >= 0.3 is 0 Å². The van der Waals surface area contributed by atoms with Gasteiger partial charge in [0.15, 0.2) is 0 Å². The maximum Gasteiger partial charge on any atom is 0.111 e. The summed E-state index contributed by atoms with van der Waals surface area (Å²) < 4.78 is 14.8. The van der Waals surface area contributed by atoms with E-state index in [1.54, 1.807) is 11.3 Å². The van der Waals surface area contributed by atoms with Gasteiger partial charge in [-0.3, -0.25) is 0 Å². The van der Waals surface area contributed by atoms with Crippen LogP contribution < -0.4 is 0 Å². The van der Waals surface area contributed by atoms with Crippen LogP contribution in [0, 0.1) is 5.92 Å². The predicted molar refractivity (Wildman–Crippen MR) is 120 cm³/mol. The molecule has 1 heterocycles. The first-order valence-electron chi connectivity index (χ1n) is 10.9. The van der Waals surface area contributed by atoms with E-state index in [4.69, 9.17) is 0 Å². The van der Waals surface area contributed by atoms with Crippen LogP contribution in [0.15, 0.2) is 47.4 Å². The second kappa shape index (κ2) is 11.1. The van der Waals surface area contributed by atoms with Crippen molar-refractivity contribution in [2.45, 2.75) is 70.6 Å². The van der Waals surface area contributed by atoms with Crippen LogP contribution >= 0.6 is 11.3 Å². The first kappa shape index (κ1) is 22.2. The molecule has 29 heavy (non-hydrogen) atoms. The van der Waals surface area contributed by atoms with Gasteiger partial charge in [-0.25, -0.2) is 4.39 Å². The number of thiophene rings is 1. The third kappa shape index (κ3) is 5.78. The summed E-state index contributed by atoms with van der Waals surface area (Å²) in [4.78, 5) is 1.34. The van der Waals surface area contributed by atoms with Crippen LogP contribution in [0.25, 0.3) is 5.57 Å². The smallest absolute Gasteiger partial charge is 0.111 e. The van der Waals surface area contributed by atoms with Crippen molar-refractivity contribution in [3.8, 4) is 0 Å². The lowest BCUT2D eigenvalue weighted by Crippen LogP contribution is -2.12. The molecule has 1 aromatic heterocycles. The first-order valence-corrected chi connectivity index (χ1v) is 11.8. The van der Waals surface area contributed by atoms with Gasteiger partial charge in [-0.05, 0) is 59.4 Å². The summed E-state index contributed by atoms with van der Waals surface area (Å²) in [5.74, 6) is -0.155. The molecule has 0 saturated heterocycles. The second-order valence-corrected chi connectivity index (χ2v) is 9.14. The molecule has 3 atom stereocenters. The number of aliphatic hydroxyl groups excluding tert-OH is 2. The van der Waals surface area contributed by atoms with Gasteiger partial charge in [-0.15, -0.1) is 11.3 Å². The Labute approximate surface area is 178 Å². The molecule has 158 valence electrons. The summed E-state index contributed by atoms with van der Waals surface area (Å²) in [7, 11) is 0. The highest BCUT2D eigenvalue weighted by atomic mass is 32.1. The molecule has 1 aromatic carbocycles. The van der Waals surface area contributed by atoms with Crippen LogP contribution in [0.2, 0.25) is 0 Å². The van der Waals surface area contributed by atoms with Crippen LogP contribution in [0.1, 0.15) is 74.0 Å². The number of halogens is 1. The minimum Gasteiger partial charge on any atom is -0.392 e. The number of unbranched alkanes of at least 4 members (excludes halogenated alkanes) is 2. The minimum atomic E-state index is -0.921. The zero-order valence-corrected chi connectivity index (χ0v) is 18.1. The number of benzene rings is 1. The zero-order valence-electron chi connectivity index (χ0n) is 17.3. The van der Waals surface area contributed by atoms with Gasteiger partial charge in [-0.2, -0.15) is 0 Å². The highest BCUT2D eigenvalue weighted by Crippen LogP contribution is 2.43. The maximum absolute atomic E-state index is 14.8. The molecule has 2 N–H and O–H groups in total. The Morgan fingerprint density at radius 3 is 2.59 bits per heavy atom. The average Bonchev–Trinajstić information content (AvgIpc) is 3.36. The predicted octanol–water partition coefficient (Wildman–Crippen LogP) is 6.49. The number of alkyl halides is 1. The molecule has 4 heteroatoms. The summed E-state index contributed by atoms with van der Waals surface area (Å²) in [6.45, 7) is 2.07. The van der Waals surface area contributed by atoms with E-state index in [0.717, 1.165) is 67.2 Å². The van der Waals surface area contributed by atoms with Crippen molar-refractivity contribution >= 4 is 16.9 Å². The van der Waals surface area contributed by atoms with Crippen LogP contribution in [0.4, 0.5) is 4.39 Å². The largest absolute Gasteiger partial charge is 0.392 e. The zero-order chi connectivity index (χ0) is 20.6. The monoisotopic (exact) mass is 416 g/mol. The molecule has 0 spiro atoms. The van der Waals surface area contributed by atoms with Crippen LogP contribution in [0.3, 0.4) is 0 Å². The number of hydrogen-bond acceptors (Lipinski definition) is 3. The normalized spacial score (nSPS) is 20.4. The van der Waals surface area contributed by atoms with Crippen LogP contribution in [0.5, 0.6) is 0 Å². The quantitative estimate of drug-likeness (QED) is 0.411.